The molecule has 1 N–H and O–H groups in total. The number of piperidine rings is 1. The molecule has 2 rings (SSSR count). The van der Waals surface area contributed by atoms with Crippen LogP contribution in [0, 0.1) is 19.8 Å². The third kappa shape index (κ3) is 2.86. The molecular formula is C16H25NO. The largest absolute Gasteiger partial charge is 0.496 e. The lowest BCUT2D eigenvalue weighted by Crippen LogP contribution is -2.39. The van der Waals surface area contributed by atoms with Crippen molar-refractivity contribution in [1.82, 2.24) is 5.32 Å². The van der Waals surface area contributed by atoms with Crippen molar-refractivity contribution in [3.05, 3.63) is 28.8 Å². The van der Waals surface area contributed by atoms with E-state index in [0.29, 0.717) is 6.04 Å². The molecule has 0 amide bonds. The van der Waals surface area contributed by atoms with Crippen molar-refractivity contribution in [3.63, 3.8) is 0 Å². The minimum atomic E-state index is 0.609. The number of aryl methyl sites for hydroxylation is 1. The zero-order valence-electron chi connectivity index (χ0n) is 12.0. The van der Waals surface area contributed by atoms with E-state index < -0.39 is 0 Å². The summed E-state index contributed by atoms with van der Waals surface area (Å²) < 4.78 is 5.59. The Hall–Kier alpha value is -1.02. The molecule has 0 saturated carbocycles. The Morgan fingerprint density at radius 2 is 2.06 bits per heavy atom. The number of benzene rings is 1. The van der Waals surface area contributed by atoms with Gasteiger partial charge in [-0.05, 0) is 62.3 Å². The Kier molecular flexibility index (Phi) is 4.28. The molecule has 0 spiro atoms. The van der Waals surface area contributed by atoms with Crippen LogP contribution in [0.1, 0.15) is 36.5 Å². The third-order valence-electron chi connectivity index (χ3n) is 4.19. The van der Waals surface area contributed by atoms with Gasteiger partial charge in [-0.25, -0.2) is 0 Å². The Bertz CT molecular complexity index is 406. The summed E-state index contributed by atoms with van der Waals surface area (Å²) in [4.78, 5) is 0. The molecule has 0 aromatic heterocycles. The summed E-state index contributed by atoms with van der Waals surface area (Å²) in [5.41, 5.74) is 3.92. The summed E-state index contributed by atoms with van der Waals surface area (Å²) in [7, 11) is 1.78. The van der Waals surface area contributed by atoms with Crippen molar-refractivity contribution in [2.75, 3.05) is 13.7 Å². The van der Waals surface area contributed by atoms with Crippen molar-refractivity contribution in [2.45, 2.75) is 46.1 Å². The van der Waals surface area contributed by atoms with E-state index in [1.54, 1.807) is 7.11 Å². The van der Waals surface area contributed by atoms with Crippen molar-refractivity contribution in [2.24, 2.45) is 5.92 Å². The van der Waals surface area contributed by atoms with Crippen LogP contribution in [0.15, 0.2) is 12.1 Å². The fourth-order valence-corrected chi connectivity index (χ4v) is 2.79. The zero-order chi connectivity index (χ0) is 13.1. The van der Waals surface area contributed by atoms with Crippen LogP contribution in [-0.4, -0.2) is 19.7 Å². The second-order valence-corrected chi connectivity index (χ2v) is 5.69. The molecule has 2 unspecified atom stereocenters. The summed E-state index contributed by atoms with van der Waals surface area (Å²) in [6, 6.07) is 5.04. The Morgan fingerprint density at radius 3 is 2.67 bits per heavy atom. The summed E-state index contributed by atoms with van der Waals surface area (Å²) in [5, 5.41) is 3.65. The highest BCUT2D eigenvalue weighted by atomic mass is 16.5. The number of hydrogen-bond donors (Lipinski definition) is 1. The average molecular weight is 247 g/mol. The first kappa shape index (κ1) is 13.4. The molecule has 2 atom stereocenters. The molecule has 0 radical (unpaired) electrons. The van der Waals surface area contributed by atoms with Gasteiger partial charge < -0.3 is 10.1 Å². The molecule has 2 heteroatoms. The van der Waals surface area contributed by atoms with Crippen LogP contribution in [-0.2, 0) is 6.42 Å². The quantitative estimate of drug-likeness (QED) is 0.885. The van der Waals surface area contributed by atoms with Crippen LogP contribution < -0.4 is 10.1 Å². The van der Waals surface area contributed by atoms with Gasteiger partial charge in [0.25, 0.3) is 0 Å². The van der Waals surface area contributed by atoms with Crippen molar-refractivity contribution in [1.29, 1.82) is 0 Å². The van der Waals surface area contributed by atoms with Crippen LogP contribution in [0.4, 0.5) is 0 Å². The van der Waals surface area contributed by atoms with Gasteiger partial charge in [0, 0.05) is 6.04 Å². The summed E-state index contributed by atoms with van der Waals surface area (Å²) in [6.07, 6.45) is 3.69. The first-order chi connectivity index (χ1) is 8.61. The Labute approximate surface area is 111 Å². The molecule has 2 nitrogen and oxygen atoms in total. The second-order valence-electron chi connectivity index (χ2n) is 5.69. The molecule has 18 heavy (non-hydrogen) atoms. The zero-order valence-corrected chi connectivity index (χ0v) is 12.0. The van der Waals surface area contributed by atoms with E-state index in [2.05, 4.69) is 38.2 Å². The van der Waals surface area contributed by atoms with Crippen LogP contribution in [0.25, 0.3) is 0 Å². The minimum absolute atomic E-state index is 0.609. The van der Waals surface area contributed by atoms with Gasteiger partial charge in [-0.2, -0.15) is 0 Å². The highest BCUT2D eigenvalue weighted by Crippen LogP contribution is 2.28. The molecule has 100 valence electrons. The lowest BCUT2D eigenvalue weighted by molar-refractivity contribution is 0.322. The van der Waals surface area contributed by atoms with E-state index in [9.17, 15) is 0 Å². The van der Waals surface area contributed by atoms with Crippen LogP contribution in [0.5, 0.6) is 5.75 Å². The molecular weight excluding hydrogens is 222 g/mol. The van der Waals surface area contributed by atoms with Crippen molar-refractivity contribution >= 4 is 0 Å². The van der Waals surface area contributed by atoms with Gasteiger partial charge in [0.2, 0.25) is 0 Å². The normalized spacial score (nSPS) is 24.0. The topological polar surface area (TPSA) is 21.3 Å². The maximum absolute atomic E-state index is 5.59. The van der Waals surface area contributed by atoms with E-state index in [1.165, 1.54) is 29.5 Å². The van der Waals surface area contributed by atoms with Gasteiger partial charge in [0.1, 0.15) is 5.75 Å². The average Bonchev–Trinajstić information content (AvgIpc) is 2.37. The highest BCUT2D eigenvalue weighted by Gasteiger charge is 2.19. The standard InChI is InChI=1S/C16H25NO/c1-11-5-8-15(17-10-11)9-14-7-6-12(2)13(3)16(14)18-4/h6-7,11,15,17H,5,8-10H2,1-4H3. The monoisotopic (exact) mass is 247 g/mol. The molecule has 1 fully saturated rings. The fourth-order valence-electron chi connectivity index (χ4n) is 2.79. The molecule has 1 heterocycles. The maximum atomic E-state index is 5.59. The smallest absolute Gasteiger partial charge is 0.125 e. The molecule has 1 aromatic rings. The highest BCUT2D eigenvalue weighted by molar-refractivity contribution is 5.45. The number of methoxy groups -OCH3 is 1. The maximum Gasteiger partial charge on any atom is 0.125 e. The van der Waals surface area contributed by atoms with E-state index >= 15 is 0 Å². The lowest BCUT2D eigenvalue weighted by atomic mass is 9.91. The SMILES string of the molecule is COc1c(CC2CCC(C)CN2)ccc(C)c1C. The number of hydrogen-bond acceptors (Lipinski definition) is 2. The minimum Gasteiger partial charge on any atom is -0.496 e. The second kappa shape index (κ2) is 5.75. The molecule has 1 aliphatic heterocycles. The predicted molar refractivity (Wildman–Crippen MR) is 76.4 cm³/mol. The first-order valence-electron chi connectivity index (χ1n) is 6.98. The fraction of sp³-hybridized carbons (Fsp3) is 0.625. The molecule has 0 aliphatic carbocycles. The van der Waals surface area contributed by atoms with E-state index in [-0.39, 0.29) is 0 Å². The van der Waals surface area contributed by atoms with Gasteiger partial charge in [-0.15, -0.1) is 0 Å². The summed E-state index contributed by atoms with van der Waals surface area (Å²) in [5.74, 6) is 1.90. The molecule has 0 bridgehead atoms. The van der Waals surface area contributed by atoms with Gasteiger partial charge in [-0.1, -0.05) is 19.1 Å². The van der Waals surface area contributed by atoms with Gasteiger partial charge in [0.05, 0.1) is 7.11 Å². The van der Waals surface area contributed by atoms with E-state index in [0.717, 1.165) is 24.6 Å². The van der Waals surface area contributed by atoms with Crippen LogP contribution >= 0.6 is 0 Å². The van der Waals surface area contributed by atoms with Gasteiger partial charge >= 0.3 is 0 Å². The van der Waals surface area contributed by atoms with E-state index in [1.807, 2.05) is 0 Å². The molecule has 1 aromatic carbocycles. The van der Waals surface area contributed by atoms with Crippen molar-refractivity contribution < 1.29 is 4.74 Å². The lowest BCUT2D eigenvalue weighted by Gasteiger charge is -2.28. The third-order valence-corrected chi connectivity index (χ3v) is 4.19. The Morgan fingerprint density at radius 1 is 1.28 bits per heavy atom. The summed E-state index contributed by atoms with van der Waals surface area (Å²) in [6.45, 7) is 7.76. The summed E-state index contributed by atoms with van der Waals surface area (Å²) >= 11 is 0. The van der Waals surface area contributed by atoms with Crippen LogP contribution in [0.2, 0.25) is 0 Å². The molecule has 1 saturated heterocycles. The predicted octanol–water partition coefficient (Wildman–Crippen LogP) is 3.24. The number of ether oxygens (including phenoxy) is 1. The number of rotatable bonds is 3. The Balaban J connectivity index is 2.11. The van der Waals surface area contributed by atoms with Crippen molar-refractivity contribution in [3.8, 4) is 5.75 Å². The number of nitrogens with one attached hydrogen (secondary N) is 1. The van der Waals surface area contributed by atoms with Gasteiger partial charge in [-0.3, -0.25) is 0 Å². The van der Waals surface area contributed by atoms with Gasteiger partial charge in [0.15, 0.2) is 0 Å². The first-order valence-corrected chi connectivity index (χ1v) is 6.98. The van der Waals surface area contributed by atoms with Crippen LogP contribution in [0.3, 0.4) is 0 Å². The van der Waals surface area contributed by atoms with E-state index in [4.69, 9.17) is 4.74 Å². The molecule has 1 aliphatic rings.